The van der Waals surface area contributed by atoms with Gasteiger partial charge in [-0.25, -0.2) is 0 Å². The molecule has 0 bridgehead atoms. The molecule has 0 unspecified atom stereocenters. The molecule has 0 aromatic carbocycles. The zero-order chi connectivity index (χ0) is 18.9. The van der Waals surface area contributed by atoms with Gasteiger partial charge in [-0.15, -0.1) is 0 Å². The molecular formula is C22H30O4. The summed E-state index contributed by atoms with van der Waals surface area (Å²) < 4.78 is 0. The van der Waals surface area contributed by atoms with Crippen molar-refractivity contribution in [2.45, 2.75) is 59.2 Å². The maximum absolute atomic E-state index is 12.4. The Morgan fingerprint density at radius 3 is 2.62 bits per heavy atom. The normalized spacial score (nSPS) is 47.2. The van der Waals surface area contributed by atoms with Crippen LogP contribution in [0.4, 0.5) is 0 Å². The summed E-state index contributed by atoms with van der Waals surface area (Å²) >= 11 is 0. The first kappa shape index (κ1) is 18.1. The van der Waals surface area contributed by atoms with E-state index in [9.17, 15) is 19.8 Å². The Kier molecular flexibility index (Phi) is 4.09. The molecule has 0 aliphatic heterocycles. The molecule has 4 nitrogen and oxygen atoms in total. The number of carbonyl (C=O) groups is 2. The first-order valence-electron chi connectivity index (χ1n) is 10.0. The quantitative estimate of drug-likeness (QED) is 0.744. The van der Waals surface area contributed by atoms with Crippen LogP contribution in [0.25, 0.3) is 0 Å². The monoisotopic (exact) mass is 358 g/mol. The molecule has 4 rings (SSSR count). The highest BCUT2D eigenvalue weighted by molar-refractivity contribution is 6.01. The Bertz CT molecular complexity index is 705. The second kappa shape index (κ2) is 5.87. The second-order valence-electron chi connectivity index (χ2n) is 9.58. The third-order valence-corrected chi connectivity index (χ3v) is 8.48. The van der Waals surface area contributed by atoms with Crippen LogP contribution >= 0.6 is 0 Å². The lowest BCUT2D eigenvalue weighted by molar-refractivity contribution is -0.155. The summed E-state index contributed by atoms with van der Waals surface area (Å²) in [6, 6.07) is 0. The van der Waals surface area contributed by atoms with Crippen LogP contribution in [0.1, 0.15) is 52.9 Å². The van der Waals surface area contributed by atoms with Crippen LogP contribution in [0.2, 0.25) is 0 Å². The molecule has 3 fully saturated rings. The highest BCUT2D eigenvalue weighted by atomic mass is 16.5. The predicted molar refractivity (Wildman–Crippen MR) is 97.9 cm³/mol. The van der Waals surface area contributed by atoms with Crippen molar-refractivity contribution in [3.05, 3.63) is 23.8 Å². The first-order valence-corrected chi connectivity index (χ1v) is 10.0. The summed E-state index contributed by atoms with van der Waals surface area (Å²) in [6.45, 7) is 6.71. The Balaban J connectivity index is 1.68. The number of Topliss-reactive ketones (excluding diaryl/α,β-unsaturated/α-hetero) is 1. The number of allylic oxidation sites excluding steroid dienone is 4. The van der Waals surface area contributed by atoms with Crippen molar-refractivity contribution in [3.63, 3.8) is 0 Å². The molecule has 4 aliphatic carbocycles. The fourth-order valence-corrected chi connectivity index (χ4v) is 7.26. The maximum atomic E-state index is 12.4. The van der Waals surface area contributed by atoms with E-state index in [-0.39, 0.29) is 22.5 Å². The van der Waals surface area contributed by atoms with Crippen LogP contribution in [0.5, 0.6) is 0 Å². The van der Waals surface area contributed by atoms with Crippen molar-refractivity contribution in [2.24, 2.45) is 40.4 Å². The molecular weight excluding hydrogens is 328 g/mol. The summed E-state index contributed by atoms with van der Waals surface area (Å²) in [5.41, 5.74) is 1.09. The molecule has 26 heavy (non-hydrogen) atoms. The Labute approximate surface area is 155 Å². The van der Waals surface area contributed by atoms with E-state index < -0.39 is 12.1 Å². The van der Waals surface area contributed by atoms with Crippen molar-refractivity contribution < 1.29 is 19.8 Å². The lowest BCUT2D eigenvalue weighted by Crippen LogP contribution is -2.52. The largest absolute Gasteiger partial charge is 0.362 e. The van der Waals surface area contributed by atoms with Crippen molar-refractivity contribution in [1.82, 2.24) is 0 Å². The number of carbonyl (C=O) groups excluding carboxylic acids is 2. The van der Waals surface area contributed by atoms with E-state index in [0.717, 1.165) is 32.1 Å². The van der Waals surface area contributed by atoms with Gasteiger partial charge in [0, 0.05) is 11.3 Å². The van der Waals surface area contributed by atoms with E-state index in [4.69, 9.17) is 0 Å². The minimum absolute atomic E-state index is 0.0594. The Morgan fingerprint density at radius 1 is 1.19 bits per heavy atom. The van der Waals surface area contributed by atoms with Gasteiger partial charge in [0.1, 0.15) is 0 Å². The summed E-state index contributed by atoms with van der Waals surface area (Å²) in [5.74, 6) is 1.31. The highest BCUT2D eigenvalue weighted by Crippen LogP contribution is 2.66. The molecule has 0 aromatic rings. The number of hydrogen-bond donors (Lipinski definition) is 2. The molecule has 4 heteroatoms. The minimum Gasteiger partial charge on any atom is -0.362 e. The number of aliphatic hydroxyl groups excluding tert-OH is 1. The topological polar surface area (TPSA) is 74.6 Å². The zero-order valence-electron chi connectivity index (χ0n) is 15.9. The summed E-state index contributed by atoms with van der Waals surface area (Å²) in [5, 5.41) is 18.9. The first-order chi connectivity index (χ1) is 12.2. The lowest BCUT2D eigenvalue weighted by Gasteiger charge is -2.58. The van der Waals surface area contributed by atoms with Gasteiger partial charge in [-0.2, -0.15) is 0 Å². The van der Waals surface area contributed by atoms with Gasteiger partial charge in [0.05, 0.1) is 0 Å². The van der Waals surface area contributed by atoms with E-state index in [1.807, 2.05) is 6.08 Å². The zero-order valence-corrected chi connectivity index (χ0v) is 15.9. The van der Waals surface area contributed by atoms with Crippen molar-refractivity contribution in [2.75, 3.05) is 0 Å². The Morgan fingerprint density at radius 2 is 1.92 bits per heavy atom. The fourth-order valence-electron chi connectivity index (χ4n) is 7.26. The van der Waals surface area contributed by atoms with Gasteiger partial charge >= 0.3 is 0 Å². The summed E-state index contributed by atoms with van der Waals surface area (Å²) in [7, 11) is 0. The van der Waals surface area contributed by atoms with Crippen LogP contribution in [-0.4, -0.2) is 28.1 Å². The molecule has 0 amide bonds. The van der Waals surface area contributed by atoms with Crippen molar-refractivity contribution in [3.8, 4) is 0 Å². The van der Waals surface area contributed by atoms with Crippen LogP contribution in [0, 0.1) is 40.4 Å². The van der Waals surface area contributed by atoms with Gasteiger partial charge in [-0.05, 0) is 73.3 Å². The van der Waals surface area contributed by atoms with Crippen molar-refractivity contribution in [1.29, 1.82) is 0 Å². The van der Waals surface area contributed by atoms with Gasteiger partial charge in [0.2, 0.25) is 6.29 Å². The average Bonchev–Trinajstić information content (AvgIpc) is 2.93. The van der Waals surface area contributed by atoms with Gasteiger partial charge in [-0.3, -0.25) is 9.59 Å². The van der Waals surface area contributed by atoms with Gasteiger partial charge in [0.15, 0.2) is 11.6 Å². The van der Waals surface area contributed by atoms with Crippen LogP contribution < -0.4 is 0 Å². The number of rotatable bonds is 2. The van der Waals surface area contributed by atoms with Crippen LogP contribution in [0.3, 0.4) is 0 Å². The molecule has 142 valence electrons. The fraction of sp³-hybridized carbons (Fsp3) is 0.727. The molecule has 0 radical (unpaired) electrons. The smallest absolute Gasteiger partial charge is 0.213 e. The van der Waals surface area contributed by atoms with Crippen LogP contribution in [-0.2, 0) is 9.59 Å². The lowest BCUT2D eigenvalue weighted by atomic mass is 9.46. The van der Waals surface area contributed by atoms with Crippen molar-refractivity contribution >= 4 is 11.6 Å². The predicted octanol–water partition coefficient (Wildman–Crippen LogP) is 3.04. The third kappa shape index (κ3) is 2.34. The van der Waals surface area contributed by atoms with Gasteiger partial charge < -0.3 is 10.2 Å². The van der Waals surface area contributed by atoms with Gasteiger partial charge in [0.25, 0.3) is 0 Å². The summed E-state index contributed by atoms with van der Waals surface area (Å²) in [6.07, 6.45) is 8.68. The molecule has 0 aromatic heterocycles. The molecule has 0 saturated heterocycles. The van der Waals surface area contributed by atoms with Crippen LogP contribution in [0.15, 0.2) is 23.8 Å². The Hall–Kier alpha value is -1.26. The molecule has 7 atom stereocenters. The number of hydrogen-bond acceptors (Lipinski definition) is 4. The highest BCUT2D eigenvalue weighted by Gasteiger charge is 2.60. The summed E-state index contributed by atoms with van der Waals surface area (Å²) in [4.78, 5) is 24.3. The molecule has 0 spiro atoms. The SMILES string of the molecule is C[C@H]1C[C@H]2[C@@H]3CC[C@H](C(=O)C(O)O)[C@@]3(C)CC[C@@H]2[C@@]2(C)C=CC(=O)C=C12. The average molecular weight is 358 g/mol. The number of fused-ring (bicyclic) bond motifs is 5. The number of aliphatic hydroxyl groups is 2. The molecule has 3 saturated carbocycles. The molecule has 4 aliphatic rings. The van der Waals surface area contributed by atoms with E-state index >= 15 is 0 Å². The van der Waals surface area contributed by atoms with Gasteiger partial charge in [-0.1, -0.05) is 32.4 Å². The van der Waals surface area contributed by atoms with E-state index in [2.05, 4.69) is 26.8 Å². The minimum atomic E-state index is -1.85. The van der Waals surface area contributed by atoms with E-state index in [1.54, 1.807) is 6.08 Å². The third-order valence-electron chi connectivity index (χ3n) is 8.48. The molecule has 0 heterocycles. The maximum Gasteiger partial charge on any atom is 0.213 e. The number of ketones is 2. The van der Waals surface area contributed by atoms with E-state index in [0.29, 0.717) is 23.7 Å². The second-order valence-corrected chi connectivity index (χ2v) is 9.58. The standard InChI is InChI=1S/C22H30O4/c1-12-10-14-15-4-5-17(19(24)20(25)26)21(15,2)9-7-16(14)22(3)8-6-13(23)11-18(12)22/h6,8,11-12,14-17,20,25-26H,4-5,7,9-10H2,1-3H3/t12-,14-,15-,16-,17+,21-,22+/m0/s1. The molecule has 2 N–H and O–H groups in total. The van der Waals surface area contributed by atoms with E-state index in [1.165, 1.54) is 5.57 Å².